The molecule has 4 saturated carbocycles. The molecule has 2 heterocycles. The fraction of sp³-hybridized carbons (Fsp3) is 0.854. The molecule has 0 aromatic carbocycles. The highest BCUT2D eigenvalue weighted by Crippen LogP contribution is 2.76. The highest BCUT2D eigenvalue weighted by Gasteiger charge is 2.70. The maximum atomic E-state index is 13.0. The van der Waals surface area contributed by atoms with Crippen LogP contribution in [0.1, 0.15) is 113 Å². The van der Waals surface area contributed by atoms with Crippen LogP contribution in [0.5, 0.6) is 0 Å². The van der Waals surface area contributed by atoms with Gasteiger partial charge in [0, 0.05) is 0 Å². The molecule has 314 valence electrons. The van der Waals surface area contributed by atoms with E-state index >= 15 is 0 Å². The number of aliphatic carboxylic acids is 4. The summed E-state index contributed by atoms with van der Waals surface area (Å²) in [6.45, 7) is 15.0. The number of hydrogen-bond donors (Lipinski definition) is 6. The van der Waals surface area contributed by atoms with Gasteiger partial charge in [-0.1, -0.05) is 60.1 Å². The van der Waals surface area contributed by atoms with Crippen molar-refractivity contribution in [1.82, 2.24) is 0 Å². The molecule has 0 amide bonds. The molecule has 7 aliphatic rings. The van der Waals surface area contributed by atoms with Crippen LogP contribution in [0.15, 0.2) is 11.6 Å². The van der Waals surface area contributed by atoms with Gasteiger partial charge in [0.05, 0.1) is 11.5 Å². The minimum Gasteiger partial charge on any atom is -0.481 e. The highest BCUT2D eigenvalue weighted by molar-refractivity contribution is 5.78. The summed E-state index contributed by atoms with van der Waals surface area (Å²) in [5, 5.41) is 62.0. The fourth-order valence-electron chi connectivity index (χ4n) is 13.4. The van der Waals surface area contributed by atoms with Crippen molar-refractivity contribution < 1.29 is 73.5 Å². The smallest absolute Gasteiger partial charge is 0.369 e. The van der Waals surface area contributed by atoms with E-state index < -0.39 is 90.2 Å². The first-order valence-corrected chi connectivity index (χ1v) is 20.2. The lowest BCUT2D eigenvalue weighted by Gasteiger charge is -2.71. The van der Waals surface area contributed by atoms with Crippen LogP contribution < -0.4 is 0 Å². The molecule has 15 nitrogen and oxygen atoms in total. The minimum atomic E-state index is -3.30. The fourth-order valence-corrected chi connectivity index (χ4v) is 13.4. The molecule has 6 fully saturated rings. The number of ether oxygens (including phenoxy) is 5. The highest BCUT2D eigenvalue weighted by atomic mass is 16.8. The Bertz CT molecular complexity index is 1670. The lowest BCUT2D eigenvalue weighted by atomic mass is 9.33. The maximum absolute atomic E-state index is 13.0. The van der Waals surface area contributed by atoms with Crippen molar-refractivity contribution in [3.05, 3.63) is 11.6 Å². The first-order chi connectivity index (χ1) is 25.9. The number of carboxylic acids is 4. The number of rotatable bonds is 8. The molecule has 0 radical (unpaired) electrons. The van der Waals surface area contributed by atoms with Gasteiger partial charge < -0.3 is 54.3 Å². The zero-order valence-corrected chi connectivity index (χ0v) is 33.5. The number of allylic oxidation sites excluding steroid dienone is 2. The van der Waals surface area contributed by atoms with Crippen molar-refractivity contribution in [3.8, 4) is 0 Å². The minimum absolute atomic E-state index is 0.0120. The van der Waals surface area contributed by atoms with E-state index in [2.05, 4.69) is 54.5 Å². The normalized spacial score (nSPS) is 49.1. The lowest BCUT2D eigenvalue weighted by molar-refractivity contribution is -0.435. The van der Waals surface area contributed by atoms with Crippen LogP contribution in [-0.4, -0.2) is 110 Å². The summed E-state index contributed by atoms with van der Waals surface area (Å²) in [4.78, 5) is 48.8. The molecular weight excluding hydrogens is 732 g/mol. The average molecular weight is 793 g/mol. The van der Waals surface area contributed by atoms with E-state index in [1.54, 1.807) is 0 Å². The Morgan fingerprint density at radius 2 is 1.50 bits per heavy atom. The molecule has 0 unspecified atom stereocenters. The summed E-state index contributed by atoms with van der Waals surface area (Å²) in [6.07, 6.45) is -0.914. The quantitative estimate of drug-likeness (QED) is 0.148. The Morgan fingerprint density at radius 1 is 0.821 bits per heavy atom. The molecule has 15 atom stereocenters. The molecule has 5 aliphatic carbocycles. The third-order valence-electron chi connectivity index (χ3n) is 16.6. The number of aliphatic hydroxyl groups is 2. The zero-order chi connectivity index (χ0) is 41.2. The second kappa shape index (κ2) is 13.4. The number of carboxylic acid groups (broad SMARTS) is 4. The Hall–Kier alpha value is -2.66. The molecule has 0 bridgehead atoms. The van der Waals surface area contributed by atoms with Crippen LogP contribution in [0.25, 0.3) is 0 Å². The molecule has 6 N–H and O–H groups in total. The van der Waals surface area contributed by atoms with E-state index in [0.717, 1.165) is 44.9 Å². The summed E-state index contributed by atoms with van der Waals surface area (Å²) in [5.74, 6) is -8.57. The van der Waals surface area contributed by atoms with Crippen molar-refractivity contribution in [2.45, 2.75) is 162 Å². The summed E-state index contributed by atoms with van der Waals surface area (Å²) >= 11 is 0. The lowest BCUT2D eigenvalue weighted by Crippen LogP contribution is -2.72. The summed E-state index contributed by atoms with van der Waals surface area (Å²) in [5.41, 5.74) is -0.115. The monoisotopic (exact) mass is 792 g/mol. The maximum Gasteiger partial charge on any atom is 0.369 e. The summed E-state index contributed by atoms with van der Waals surface area (Å²) in [6, 6.07) is 0. The Balaban J connectivity index is 1.14. The van der Waals surface area contributed by atoms with Crippen LogP contribution >= 0.6 is 0 Å². The van der Waals surface area contributed by atoms with E-state index in [4.69, 9.17) is 28.8 Å². The predicted octanol–water partition coefficient (Wildman–Crippen LogP) is 4.41. The van der Waals surface area contributed by atoms with Gasteiger partial charge in [-0.15, -0.1) is 0 Å². The Labute approximate surface area is 327 Å². The van der Waals surface area contributed by atoms with Gasteiger partial charge in [0.15, 0.2) is 12.4 Å². The van der Waals surface area contributed by atoms with Gasteiger partial charge in [0.25, 0.3) is 0 Å². The molecule has 15 heteroatoms. The second-order valence-electron chi connectivity index (χ2n) is 20.1. The molecule has 2 aliphatic heterocycles. The summed E-state index contributed by atoms with van der Waals surface area (Å²) in [7, 11) is 0. The zero-order valence-electron chi connectivity index (χ0n) is 33.5. The van der Waals surface area contributed by atoms with Crippen LogP contribution in [0.3, 0.4) is 0 Å². The molecular formula is C41H60O15. The number of fused-ring (bicyclic) bond motifs is 8. The van der Waals surface area contributed by atoms with E-state index in [1.807, 2.05) is 0 Å². The molecule has 0 spiro atoms. The first-order valence-electron chi connectivity index (χ1n) is 20.2. The third-order valence-corrected chi connectivity index (χ3v) is 16.6. The van der Waals surface area contributed by atoms with Gasteiger partial charge >= 0.3 is 29.7 Å². The van der Waals surface area contributed by atoms with Gasteiger partial charge in [-0.2, -0.15) is 0 Å². The summed E-state index contributed by atoms with van der Waals surface area (Å²) < 4.78 is 28.3. The molecule has 0 aromatic heterocycles. The second-order valence-corrected chi connectivity index (χ2v) is 20.1. The standard InChI is InChI=1S/C41H60O15/c1-35(2)14-16-40(32(47)48)17-15-38(6)20(21(40)18-35)8-9-23-37(5)12-11-24(36(3,4)22(37)10-13-39(23,38)7)53-31-26(44)27-28(29(54-31)30(45)46)56-41(51,33(49)50)34(55-27)52-19-25(42)43/h8,21-24,26-29,31,34,44,51H,9-19H2,1-7H3,(H,42,43)(H,45,46)(H,47,48)(H,49,50)/t21-,22-,23+,24-,26+,27+,28-,29-,31+,34-,37-,38+,39+,40-,41-/m0/s1. The number of carbonyl (C=O) groups is 4. The van der Waals surface area contributed by atoms with E-state index in [9.17, 15) is 44.7 Å². The van der Waals surface area contributed by atoms with Crippen molar-refractivity contribution in [2.75, 3.05) is 6.61 Å². The van der Waals surface area contributed by atoms with Crippen molar-refractivity contribution in [2.24, 2.45) is 50.2 Å². The van der Waals surface area contributed by atoms with Gasteiger partial charge in [-0.05, 0) is 109 Å². The Morgan fingerprint density at radius 3 is 2.12 bits per heavy atom. The SMILES string of the molecule is CC1(C)CC[C@]2(C(=O)O)CC[C@]3(C)C(=CC[C@@H]4[C@@]5(C)CC[C@H](O[C@@H]6O[C@H](C(=O)O)[C@H]7O[C@@](O)(C(=O)O)[C@@H](OCC(=O)O)O[C@@H]7[C@H]6O)C(C)(C)[C@@H]5CC[C@]43C)[C@@H]2C1. The molecule has 2 saturated heterocycles. The van der Waals surface area contributed by atoms with Crippen LogP contribution in [-0.2, 0) is 42.9 Å². The van der Waals surface area contributed by atoms with Gasteiger partial charge in [-0.25, -0.2) is 14.4 Å². The van der Waals surface area contributed by atoms with Gasteiger partial charge in [0.2, 0.25) is 6.29 Å². The predicted molar refractivity (Wildman–Crippen MR) is 194 cm³/mol. The van der Waals surface area contributed by atoms with Crippen LogP contribution in [0.2, 0.25) is 0 Å². The topological polar surface area (TPSA) is 236 Å². The average Bonchev–Trinajstić information content (AvgIpc) is 3.09. The number of aliphatic hydroxyl groups excluding tert-OH is 1. The van der Waals surface area contributed by atoms with E-state index in [-0.39, 0.29) is 33.5 Å². The molecule has 7 rings (SSSR count). The largest absolute Gasteiger partial charge is 0.481 e. The van der Waals surface area contributed by atoms with Crippen molar-refractivity contribution in [1.29, 1.82) is 0 Å². The number of hydrogen-bond acceptors (Lipinski definition) is 11. The van der Waals surface area contributed by atoms with Crippen molar-refractivity contribution >= 4 is 23.9 Å². The Kier molecular flexibility index (Phi) is 9.95. The first kappa shape index (κ1) is 41.5. The van der Waals surface area contributed by atoms with E-state index in [1.165, 1.54) is 5.57 Å². The molecule has 56 heavy (non-hydrogen) atoms. The van der Waals surface area contributed by atoms with Gasteiger partial charge in [-0.3, -0.25) is 4.79 Å². The van der Waals surface area contributed by atoms with Crippen molar-refractivity contribution in [3.63, 3.8) is 0 Å². The van der Waals surface area contributed by atoms with E-state index in [0.29, 0.717) is 25.2 Å². The third kappa shape index (κ3) is 5.91. The molecule has 0 aromatic rings. The van der Waals surface area contributed by atoms with Gasteiger partial charge in [0.1, 0.15) is 24.9 Å². The van der Waals surface area contributed by atoms with Crippen LogP contribution in [0, 0.1) is 50.2 Å². The van der Waals surface area contributed by atoms with Crippen LogP contribution in [0.4, 0.5) is 0 Å².